The molecule has 3 aromatic rings. The van der Waals surface area contributed by atoms with Gasteiger partial charge in [0, 0.05) is 42.8 Å². The van der Waals surface area contributed by atoms with Crippen LogP contribution in [0.5, 0.6) is 0 Å². The molecule has 0 bridgehead atoms. The van der Waals surface area contributed by atoms with Gasteiger partial charge in [0.15, 0.2) is 0 Å². The van der Waals surface area contributed by atoms with Crippen LogP contribution in [0.3, 0.4) is 0 Å². The standard InChI is InChI=1S/C22H22FN3/c23-20-4-1-17(2-5-20)7-11-25-12-9-21(10-13-25)26-14-8-19-15-18(16-24)3-6-22(19)26/h1-6,8,14-15,21H,7,9-13H2. The van der Waals surface area contributed by atoms with Gasteiger partial charge in [-0.2, -0.15) is 5.26 Å². The molecule has 0 saturated carbocycles. The van der Waals surface area contributed by atoms with E-state index in [1.807, 2.05) is 24.3 Å². The second-order valence-electron chi connectivity index (χ2n) is 7.06. The average Bonchev–Trinajstić information content (AvgIpc) is 3.11. The highest BCUT2D eigenvalue weighted by molar-refractivity contribution is 5.81. The molecule has 0 spiro atoms. The molecule has 1 saturated heterocycles. The molecule has 0 N–H and O–H groups in total. The molecule has 4 rings (SSSR count). The van der Waals surface area contributed by atoms with E-state index in [1.165, 1.54) is 23.2 Å². The molecule has 26 heavy (non-hydrogen) atoms. The number of rotatable bonds is 4. The van der Waals surface area contributed by atoms with Crippen LogP contribution < -0.4 is 0 Å². The summed E-state index contributed by atoms with van der Waals surface area (Å²) in [6.45, 7) is 3.19. The summed E-state index contributed by atoms with van der Waals surface area (Å²) in [4.78, 5) is 2.50. The molecule has 0 aliphatic carbocycles. The number of hydrogen-bond acceptors (Lipinski definition) is 2. The van der Waals surface area contributed by atoms with Crippen LogP contribution in [0, 0.1) is 17.1 Å². The fourth-order valence-electron chi connectivity index (χ4n) is 3.91. The Morgan fingerprint density at radius 3 is 2.54 bits per heavy atom. The van der Waals surface area contributed by atoms with E-state index in [1.54, 1.807) is 0 Å². The first-order valence-electron chi connectivity index (χ1n) is 9.20. The van der Waals surface area contributed by atoms with Crippen LogP contribution in [-0.2, 0) is 6.42 Å². The maximum Gasteiger partial charge on any atom is 0.123 e. The predicted molar refractivity (Wildman–Crippen MR) is 101 cm³/mol. The van der Waals surface area contributed by atoms with Gasteiger partial charge in [-0.15, -0.1) is 0 Å². The Bertz CT molecular complexity index is 928. The number of fused-ring (bicyclic) bond motifs is 1. The lowest BCUT2D eigenvalue weighted by atomic mass is 10.0. The van der Waals surface area contributed by atoms with Crippen LogP contribution in [-0.4, -0.2) is 29.1 Å². The monoisotopic (exact) mass is 347 g/mol. The van der Waals surface area contributed by atoms with E-state index >= 15 is 0 Å². The van der Waals surface area contributed by atoms with Gasteiger partial charge in [-0.25, -0.2) is 4.39 Å². The molecule has 2 aromatic carbocycles. The molecule has 1 fully saturated rings. The first-order chi connectivity index (χ1) is 12.7. The number of halogens is 1. The smallest absolute Gasteiger partial charge is 0.123 e. The third kappa shape index (κ3) is 3.49. The van der Waals surface area contributed by atoms with Crippen LogP contribution >= 0.6 is 0 Å². The molecule has 2 heterocycles. The first kappa shape index (κ1) is 16.8. The van der Waals surface area contributed by atoms with Crippen molar-refractivity contribution in [3.63, 3.8) is 0 Å². The molecular weight excluding hydrogens is 325 g/mol. The molecule has 4 heteroatoms. The maximum absolute atomic E-state index is 13.0. The summed E-state index contributed by atoms with van der Waals surface area (Å²) < 4.78 is 15.4. The lowest BCUT2D eigenvalue weighted by molar-refractivity contribution is 0.190. The zero-order valence-electron chi connectivity index (χ0n) is 14.7. The van der Waals surface area contributed by atoms with Gasteiger partial charge in [0.1, 0.15) is 5.82 Å². The second kappa shape index (κ2) is 7.31. The van der Waals surface area contributed by atoms with E-state index in [2.05, 4.69) is 33.9 Å². The van der Waals surface area contributed by atoms with Crippen molar-refractivity contribution in [2.75, 3.05) is 19.6 Å². The molecule has 1 aliphatic rings. The second-order valence-corrected chi connectivity index (χ2v) is 7.06. The van der Waals surface area contributed by atoms with Gasteiger partial charge in [0.05, 0.1) is 11.6 Å². The summed E-state index contributed by atoms with van der Waals surface area (Å²) in [5, 5.41) is 10.2. The number of piperidine rings is 1. The molecule has 132 valence electrons. The number of benzene rings is 2. The predicted octanol–water partition coefficient (Wildman–Crippen LogP) is 4.53. The zero-order chi connectivity index (χ0) is 17.9. The number of aromatic nitrogens is 1. The summed E-state index contributed by atoms with van der Waals surface area (Å²) in [6, 6.07) is 17.6. The van der Waals surface area contributed by atoms with Gasteiger partial charge in [-0.1, -0.05) is 12.1 Å². The Morgan fingerprint density at radius 1 is 1.04 bits per heavy atom. The van der Waals surface area contributed by atoms with E-state index in [0.29, 0.717) is 11.6 Å². The Morgan fingerprint density at radius 2 is 1.81 bits per heavy atom. The van der Waals surface area contributed by atoms with Crippen molar-refractivity contribution in [1.82, 2.24) is 9.47 Å². The van der Waals surface area contributed by atoms with Crippen molar-refractivity contribution in [3.05, 3.63) is 71.7 Å². The Hall–Kier alpha value is -2.64. The van der Waals surface area contributed by atoms with Gasteiger partial charge in [0.25, 0.3) is 0 Å². The number of nitrogens with zero attached hydrogens (tertiary/aromatic N) is 3. The van der Waals surface area contributed by atoms with E-state index in [9.17, 15) is 4.39 Å². The highest BCUT2D eigenvalue weighted by Crippen LogP contribution is 2.28. The van der Waals surface area contributed by atoms with Crippen LogP contribution in [0.2, 0.25) is 0 Å². The third-order valence-corrected chi connectivity index (χ3v) is 5.43. The summed E-state index contributed by atoms with van der Waals surface area (Å²) in [5.74, 6) is -0.171. The minimum Gasteiger partial charge on any atom is -0.344 e. The van der Waals surface area contributed by atoms with Crippen molar-refractivity contribution >= 4 is 10.9 Å². The Labute approximate surface area is 153 Å². The van der Waals surface area contributed by atoms with Crippen LogP contribution in [0.15, 0.2) is 54.7 Å². The first-order valence-corrected chi connectivity index (χ1v) is 9.20. The molecule has 1 aromatic heterocycles. The molecular formula is C22H22FN3. The van der Waals surface area contributed by atoms with E-state index in [0.717, 1.165) is 44.3 Å². The third-order valence-electron chi connectivity index (χ3n) is 5.43. The normalized spacial score (nSPS) is 16.0. The minimum absolute atomic E-state index is 0.171. The quantitative estimate of drug-likeness (QED) is 0.694. The molecule has 3 nitrogen and oxygen atoms in total. The Kier molecular flexibility index (Phi) is 4.73. The minimum atomic E-state index is -0.171. The fourth-order valence-corrected chi connectivity index (χ4v) is 3.91. The average molecular weight is 347 g/mol. The van der Waals surface area contributed by atoms with Crippen molar-refractivity contribution in [2.45, 2.75) is 25.3 Å². The van der Waals surface area contributed by atoms with Gasteiger partial charge in [-0.05, 0) is 61.2 Å². The molecule has 0 radical (unpaired) electrons. The number of likely N-dealkylation sites (tertiary alicyclic amines) is 1. The zero-order valence-corrected chi connectivity index (χ0v) is 14.7. The van der Waals surface area contributed by atoms with E-state index in [4.69, 9.17) is 5.26 Å². The highest BCUT2D eigenvalue weighted by Gasteiger charge is 2.21. The van der Waals surface area contributed by atoms with Gasteiger partial charge in [0.2, 0.25) is 0 Å². The van der Waals surface area contributed by atoms with Crippen molar-refractivity contribution in [1.29, 1.82) is 5.26 Å². The number of nitriles is 1. The van der Waals surface area contributed by atoms with Gasteiger partial charge < -0.3 is 9.47 Å². The summed E-state index contributed by atoms with van der Waals surface area (Å²) in [7, 11) is 0. The molecule has 0 atom stereocenters. The largest absolute Gasteiger partial charge is 0.344 e. The lowest BCUT2D eigenvalue weighted by Gasteiger charge is -2.33. The van der Waals surface area contributed by atoms with E-state index in [-0.39, 0.29) is 5.82 Å². The van der Waals surface area contributed by atoms with Crippen molar-refractivity contribution < 1.29 is 4.39 Å². The van der Waals surface area contributed by atoms with Crippen molar-refractivity contribution in [2.24, 2.45) is 0 Å². The fraction of sp³-hybridized carbons (Fsp3) is 0.318. The van der Waals surface area contributed by atoms with Crippen LogP contribution in [0.4, 0.5) is 4.39 Å². The SMILES string of the molecule is N#Cc1ccc2c(ccn2C2CCN(CCc3ccc(F)cc3)CC2)c1. The summed E-state index contributed by atoms with van der Waals surface area (Å²) in [6.07, 6.45) is 5.39. The summed E-state index contributed by atoms with van der Waals surface area (Å²) >= 11 is 0. The van der Waals surface area contributed by atoms with Crippen LogP contribution in [0.1, 0.15) is 30.0 Å². The lowest BCUT2D eigenvalue weighted by Crippen LogP contribution is -2.35. The molecule has 0 unspecified atom stereocenters. The van der Waals surface area contributed by atoms with Crippen LogP contribution in [0.25, 0.3) is 10.9 Å². The van der Waals surface area contributed by atoms with Gasteiger partial charge in [-0.3, -0.25) is 0 Å². The topological polar surface area (TPSA) is 32.0 Å². The maximum atomic E-state index is 13.0. The number of hydrogen-bond donors (Lipinski definition) is 0. The summed E-state index contributed by atoms with van der Waals surface area (Å²) in [5.41, 5.74) is 3.12. The Balaban J connectivity index is 1.36. The van der Waals surface area contributed by atoms with Gasteiger partial charge >= 0.3 is 0 Å². The van der Waals surface area contributed by atoms with Crippen molar-refractivity contribution in [3.8, 4) is 6.07 Å². The molecule has 1 aliphatic heterocycles. The van der Waals surface area contributed by atoms with E-state index < -0.39 is 0 Å². The molecule has 0 amide bonds. The highest BCUT2D eigenvalue weighted by atomic mass is 19.1.